The van der Waals surface area contributed by atoms with Gasteiger partial charge in [-0.1, -0.05) is 24.8 Å². The third-order valence-corrected chi connectivity index (χ3v) is 2.12. The molecule has 0 saturated heterocycles. The van der Waals surface area contributed by atoms with Crippen LogP contribution in [0.3, 0.4) is 0 Å². The van der Waals surface area contributed by atoms with E-state index in [0.29, 0.717) is 0 Å². The Kier molecular flexibility index (Phi) is 2.19. The van der Waals surface area contributed by atoms with E-state index in [1.807, 2.05) is 42.1 Å². The largest absolute Gasteiger partial charge is 0.240 e. The summed E-state index contributed by atoms with van der Waals surface area (Å²) >= 11 is 0. The van der Waals surface area contributed by atoms with Crippen LogP contribution in [0.4, 0.5) is 0 Å². The highest BCUT2D eigenvalue weighted by atomic mass is 15.3. The summed E-state index contributed by atoms with van der Waals surface area (Å²) in [5.74, 6) is 0. The fourth-order valence-corrected chi connectivity index (χ4v) is 1.45. The number of hydrogen-bond acceptors (Lipinski definition) is 1. The van der Waals surface area contributed by atoms with Crippen molar-refractivity contribution in [2.24, 2.45) is 0 Å². The van der Waals surface area contributed by atoms with Gasteiger partial charge < -0.3 is 0 Å². The molecule has 70 valence electrons. The summed E-state index contributed by atoms with van der Waals surface area (Å²) < 4.78 is 1.85. The molecule has 0 amide bonds. The number of rotatable bonds is 2. The van der Waals surface area contributed by atoms with Crippen LogP contribution in [0.15, 0.2) is 49.3 Å². The van der Waals surface area contributed by atoms with E-state index in [9.17, 15) is 0 Å². The Hall–Kier alpha value is -1.83. The first-order valence-electron chi connectivity index (χ1n) is 4.54. The Morgan fingerprint density at radius 3 is 2.71 bits per heavy atom. The molecular formula is C12H12N2. The Labute approximate surface area is 83.5 Å². The van der Waals surface area contributed by atoms with Crippen molar-refractivity contribution in [2.75, 3.05) is 0 Å². The van der Waals surface area contributed by atoms with Crippen LogP contribution in [0.2, 0.25) is 0 Å². The van der Waals surface area contributed by atoms with Crippen LogP contribution >= 0.6 is 0 Å². The van der Waals surface area contributed by atoms with Crippen molar-refractivity contribution < 1.29 is 0 Å². The summed E-state index contributed by atoms with van der Waals surface area (Å²) in [4.78, 5) is 0. The Bertz CT molecular complexity index is 441. The molecule has 0 atom stereocenters. The van der Waals surface area contributed by atoms with Gasteiger partial charge in [0, 0.05) is 18.0 Å². The zero-order valence-electron chi connectivity index (χ0n) is 8.14. The van der Waals surface area contributed by atoms with Gasteiger partial charge in [0.2, 0.25) is 0 Å². The van der Waals surface area contributed by atoms with E-state index in [-0.39, 0.29) is 0 Å². The van der Waals surface area contributed by atoms with Crippen LogP contribution < -0.4 is 0 Å². The first-order valence-corrected chi connectivity index (χ1v) is 4.54. The normalized spacial score (nSPS) is 10.1. The Balaban J connectivity index is 2.58. The summed E-state index contributed by atoms with van der Waals surface area (Å²) in [7, 11) is 0. The minimum atomic E-state index is 1.05. The van der Waals surface area contributed by atoms with Crippen LogP contribution in [0.1, 0.15) is 12.5 Å². The van der Waals surface area contributed by atoms with Crippen molar-refractivity contribution >= 4 is 5.57 Å². The Morgan fingerprint density at radius 2 is 2.07 bits per heavy atom. The van der Waals surface area contributed by atoms with Crippen LogP contribution in [0.5, 0.6) is 0 Å². The monoisotopic (exact) mass is 184 g/mol. The van der Waals surface area contributed by atoms with Crippen molar-refractivity contribution in [1.29, 1.82) is 0 Å². The van der Waals surface area contributed by atoms with E-state index < -0.39 is 0 Å². The van der Waals surface area contributed by atoms with Gasteiger partial charge in [-0.05, 0) is 24.6 Å². The van der Waals surface area contributed by atoms with E-state index in [2.05, 4.69) is 17.7 Å². The summed E-state index contributed by atoms with van der Waals surface area (Å²) in [6.45, 7) is 5.96. The number of nitrogens with zero attached hydrogens (tertiary/aromatic N) is 2. The number of allylic oxidation sites excluding steroid dienone is 1. The van der Waals surface area contributed by atoms with Crippen LogP contribution in [-0.4, -0.2) is 9.78 Å². The minimum absolute atomic E-state index is 1.05. The number of aromatic nitrogens is 2. The smallest absolute Gasteiger partial charge is 0.0720 e. The maximum absolute atomic E-state index is 4.21. The highest BCUT2D eigenvalue weighted by molar-refractivity contribution is 5.69. The van der Waals surface area contributed by atoms with Gasteiger partial charge in [-0.3, -0.25) is 0 Å². The zero-order valence-corrected chi connectivity index (χ0v) is 8.14. The first kappa shape index (κ1) is 8.75. The third-order valence-electron chi connectivity index (χ3n) is 2.12. The van der Waals surface area contributed by atoms with E-state index in [1.165, 1.54) is 0 Å². The topological polar surface area (TPSA) is 17.8 Å². The molecule has 0 spiro atoms. The number of hydrogen-bond donors (Lipinski definition) is 0. The van der Waals surface area contributed by atoms with E-state index in [4.69, 9.17) is 0 Å². The molecule has 0 fully saturated rings. The molecular weight excluding hydrogens is 172 g/mol. The number of benzene rings is 1. The molecule has 1 heterocycles. The van der Waals surface area contributed by atoms with Gasteiger partial charge in [0.1, 0.15) is 0 Å². The van der Waals surface area contributed by atoms with Gasteiger partial charge >= 0.3 is 0 Å². The summed E-state index contributed by atoms with van der Waals surface area (Å²) in [6.07, 6.45) is 3.71. The van der Waals surface area contributed by atoms with Gasteiger partial charge in [0.15, 0.2) is 0 Å². The quantitative estimate of drug-likeness (QED) is 0.701. The summed E-state index contributed by atoms with van der Waals surface area (Å²) in [5.41, 5.74) is 3.26. The van der Waals surface area contributed by atoms with E-state index in [1.54, 1.807) is 6.20 Å². The van der Waals surface area contributed by atoms with E-state index in [0.717, 1.165) is 16.8 Å². The van der Waals surface area contributed by atoms with Crippen molar-refractivity contribution in [3.05, 3.63) is 54.9 Å². The molecule has 0 aliphatic heterocycles. The molecule has 1 aromatic carbocycles. The molecule has 1 aromatic heterocycles. The fourth-order valence-electron chi connectivity index (χ4n) is 1.45. The highest BCUT2D eigenvalue weighted by Crippen LogP contribution is 2.19. The second kappa shape index (κ2) is 3.50. The molecule has 0 aliphatic carbocycles. The predicted octanol–water partition coefficient (Wildman–Crippen LogP) is 2.91. The fraction of sp³-hybridized carbons (Fsp3) is 0.0833. The lowest BCUT2D eigenvalue weighted by Crippen LogP contribution is -1.97. The average Bonchev–Trinajstić information content (AvgIpc) is 2.70. The second-order valence-corrected chi connectivity index (χ2v) is 3.25. The highest BCUT2D eigenvalue weighted by Gasteiger charge is 2.03. The second-order valence-electron chi connectivity index (χ2n) is 3.25. The molecule has 14 heavy (non-hydrogen) atoms. The van der Waals surface area contributed by atoms with Gasteiger partial charge in [-0.2, -0.15) is 5.10 Å². The molecule has 0 unspecified atom stereocenters. The maximum atomic E-state index is 4.21. The average molecular weight is 184 g/mol. The summed E-state index contributed by atoms with van der Waals surface area (Å²) in [5, 5.41) is 4.21. The molecule has 0 aliphatic rings. The van der Waals surface area contributed by atoms with Crippen LogP contribution in [-0.2, 0) is 0 Å². The van der Waals surface area contributed by atoms with Gasteiger partial charge in [-0.15, -0.1) is 0 Å². The lowest BCUT2D eigenvalue weighted by molar-refractivity contribution is 0.877. The van der Waals surface area contributed by atoms with Crippen molar-refractivity contribution in [1.82, 2.24) is 9.78 Å². The standard InChI is InChI=1S/C12H12N2/c1-10(2)11-6-3-4-7-12(11)14-9-5-8-13-14/h3-9H,1H2,2H3. The molecule has 2 heteroatoms. The molecule has 2 aromatic rings. The van der Waals surface area contributed by atoms with E-state index >= 15 is 0 Å². The SMILES string of the molecule is C=C(C)c1ccccc1-n1cccn1. The predicted molar refractivity (Wildman–Crippen MR) is 58.3 cm³/mol. The third kappa shape index (κ3) is 1.46. The maximum Gasteiger partial charge on any atom is 0.0720 e. The zero-order chi connectivity index (χ0) is 9.97. The lowest BCUT2D eigenvalue weighted by Gasteiger charge is -2.08. The Morgan fingerprint density at radius 1 is 1.29 bits per heavy atom. The lowest BCUT2D eigenvalue weighted by atomic mass is 10.1. The van der Waals surface area contributed by atoms with Gasteiger partial charge in [-0.25, -0.2) is 4.68 Å². The van der Waals surface area contributed by atoms with Crippen molar-refractivity contribution in [3.63, 3.8) is 0 Å². The van der Waals surface area contributed by atoms with Crippen molar-refractivity contribution in [2.45, 2.75) is 6.92 Å². The first-order chi connectivity index (χ1) is 6.79. The molecule has 2 rings (SSSR count). The molecule has 2 nitrogen and oxygen atoms in total. The van der Waals surface area contributed by atoms with Crippen molar-refractivity contribution in [3.8, 4) is 5.69 Å². The molecule has 0 saturated carbocycles. The number of para-hydroxylation sites is 1. The van der Waals surface area contributed by atoms with Gasteiger partial charge in [0.25, 0.3) is 0 Å². The van der Waals surface area contributed by atoms with Gasteiger partial charge in [0.05, 0.1) is 5.69 Å². The molecule has 0 N–H and O–H groups in total. The van der Waals surface area contributed by atoms with Crippen LogP contribution in [0.25, 0.3) is 11.3 Å². The minimum Gasteiger partial charge on any atom is -0.240 e. The molecule has 0 bridgehead atoms. The molecule has 0 radical (unpaired) electrons. The van der Waals surface area contributed by atoms with Crippen LogP contribution in [0, 0.1) is 0 Å². The summed E-state index contributed by atoms with van der Waals surface area (Å²) in [6, 6.07) is 10.0.